The van der Waals surface area contributed by atoms with E-state index in [0.29, 0.717) is 6.04 Å². The molecule has 20 heavy (non-hydrogen) atoms. The Labute approximate surface area is 122 Å². The lowest BCUT2D eigenvalue weighted by Crippen LogP contribution is -2.37. The first-order valence-electron chi connectivity index (χ1n) is 8.01. The van der Waals surface area contributed by atoms with E-state index in [1.165, 1.54) is 43.0 Å². The summed E-state index contributed by atoms with van der Waals surface area (Å²) in [5, 5.41) is 8.18. The molecule has 0 radical (unpaired) electrons. The van der Waals surface area contributed by atoms with E-state index in [4.69, 9.17) is 0 Å². The third-order valence-electron chi connectivity index (χ3n) is 5.66. The summed E-state index contributed by atoms with van der Waals surface area (Å²) < 4.78 is 2.03. The Hall–Kier alpha value is -0.870. The number of nitrogens with zero attached hydrogens (tertiary/aromatic N) is 3. The summed E-state index contributed by atoms with van der Waals surface area (Å²) in [6, 6.07) is 1.21. The molecule has 0 bridgehead atoms. The molecule has 3 rings (SSSR count). The van der Waals surface area contributed by atoms with Gasteiger partial charge in [0.1, 0.15) is 0 Å². The van der Waals surface area contributed by atoms with Gasteiger partial charge in [0.15, 0.2) is 0 Å². The van der Waals surface area contributed by atoms with Crippen LogP contribution < -0.4 is 5.32 Å². The second-order valence-electron chi connectivity index (χ2n) is 6.64. The SMILES string of the molecule is CCC1C2CNCC2CN1C(C)c1c(C)nn(C)c1C. The number of aromatic nitrogens is 2. The van der Waals surface area contributed by atoms with Crippen LogP contribution in [0.3, 0.4) is 0 Å². The number of fused-ring (bicyclic) bond motifs is 1. The highest BCUT2D eigenvalue weighted by Crippen LogP contribution is 2.40. The van der Waals surface area contributed by atoms with Gasteiger partial charge < -0.3 is 5.32 Å². The molecule has 4 heteroatoms. The van der Waals surface area contributed by atoms with Crippen LogP contribution in [0.25, 0.3) is 0 Å². The lowest BCUT2D eigenvalue weighted by atomic mass is 9.92. The molecule has 112 valence electrons. The minimum Gasteiger partial charge on any atom is -0.316 e. The van der Waals surface area contributed by atoms with E-state index in [2.05, 4.69) is 50.1 Å². The van der Waals surface area contributed by atoms with Crippen LogP contribution in [0.5, 0.6) is 0 Å². The molecule has 2 saturated heterocycles. The first kappa shape index (κ1) is 14.1. The highest BCUT2D eigenvalue weighted by Gasteiger charge is 2.45. The molecular weight excluding hydrogens is 248 g/mol. The summed E-state index contributed by atoms with van der Waals surface area (Å²) in [5.41, 5.74) is 3.96. The van der Waals surface area contributed by atoms with E-state index in [1.54, 1.807) is 0 Å². The summed E-state index contributed by atoms with van der Waals surface area (Å²) in [6.45, 7) is 12.7. The van der Waals surface area contributed by atoms with E-state index in [0.717, 1.165) is 17.9 Å². The molecule has 2 fully saturated rings. The van der Waals surface area contributed by atoms with Crippen LogP contribution in [0, 0.1) is 25.7 Å². The van der Waals surface area contributed by atoms with Crippen molar-refractivity contribution in [3.8, 4) is 0 Å². The minimum absolute atomic E-state index is 0.485. The van der Waals surface area contributed by atoms with Crippen LogP contribution in [0.1, 0.15) is 43.3 Å². The summed E-state index contributed by atoms with van der Waals surface area (Å²) in [7, 11) is 2.05. The molecule has 4 unspecified atom stereocenters. The van der Waals surface area contributed by atoms with Gasteiger partial charge in [0.2, 0.25) is 0 Å². The van der Waals surface area contributed by atoms with Crippen molar-refractivity contribution < 1.29 is 0 Å². The van der Waals surface area contributed by atoms with Crippen LogP contribution in [0.2, 0.25) is 0 Å². The summed E-state index contributed by atoms with van der Waals surface area (Å²) in [5.74, 6) is 1.69. The molecule has 2 aliphatic rings. The third-order valence-corrected chi connectivity index (χ3v) is 5.66. The van der Waals surface area contributed by atoms with Gasteiger partial charge in [0.05, 0.1) is 5.69 Å². The highest BCUT2D eigenvalue weighted by molar-refractivity contribution is 5.28. The van der Waals surface area contributed by atoms with E-state index in [-0.39, 0.29) is 0 Å². The van der Waals surface area contributed by atoms with Gasteiger partial charge in [-0.05, 0) is 52.1 Å². The fourth-order valence-electron chi connectivity index (χ4n) is 4.60. The molecular formula is C16H28N4. The van der Waals surface area contributed by atoms with Crippen molar-refractivity contribution in [3.63, 3.8) is 0 Å². The van der Waals surface area contributed by atoms with E-state index >= 15 is 0 Å². The molecule has 1 aromatic heterocycles. The van der Waals surface area contributed by atoms with E-state index in [9.17, 15) is 0 Å². The molecule has 0 aliphatic carbocycles. The minimum atomic E-state index is 0.485. The number of likely N-dealkylation sites (tertiary alicyclic amines) is 1. The van der Waals surface area contributed by atoms with Gasteiger partial charge >= 0.3 is 0 Å². The molecule has 0 aromatic carbocycles. The standard InChI is InChI=1S/C16H28N4/c1-6-15-14-8-17-7-13(14)9-20(15)12(4)16-10(2)18-19(5)11(16)3/h12-15,17H,6-9H2,1-5H3. The van der Waals surface area contributed by atoms with Crippen LogP contribution in [0.4, 0.5) is 0 Å². The molecule has 0 saturated carbocycles. The van der Waals surface area contributed by atoms with Crippen molar-refractivity contribution >= 4 is 0 Å². The average Bonchev–Trinajstić information content (AvgIpc) is 3.03. The lowest BCUT2D eigenvalue weighted by molar-refractivity contribution is 0.164. The molecule has 2 aliphatic heterocycles. The van der Waals surface area contributed by atoms with Crippen molar-refractivity contribution in [3.05, 3.63) is 17.0 Å². The summed E-state index contributed by atoms with van der Waals surface area (Å²) >= 11 is 0. The highest BCUT2D eigenvalue weighted by atomic mass is 15.3. The average molecular weight is 276 g/mol. The van der Waals surface area contributed by atoms with Crippen LogP contribution in [-0.2, 0) is 7.05 Å². The maximum Gasteiger partial charge on any atom is 0.0644 e. The Kier molecular flexibility index (Phi) is 3.63. The Balaban J connectivity index is 1.88. The van der Waals surface area contributed by atoms with E-state index < -0.39 is 0 Å². The topological polar surface area (TPSA) is 33.1 Å². The molecule has 4 nitrogen and oxygen atoms in total. The molecule has 3 heterocycles. The largest absolute Gasteiger partial charge is 0.316 e. The quantitative estimate of drug-likeness (QED) is 0.917. The Morgan fingerprint density at radius 3 is 2.70 bits per heavy atom. The van der Waals surface area contributed by atoms with Gasteiger partial charge in [-0.2, -0.15) is 5.10 Å². The van der Waals surface area contributed by atoms with Gasteiger partial charge in [-0.3, -0.25) is 9.58 Å². The number of hydrogen-bond donors (Lipinski definition) is 1. The van der Waals surface area contributed by atoms with Crippen LogP contribution in [0.15, 0.2) is 0 Å². The fraction of sp³-hybridized carbons (Fsp3) is 0.812. The molecule has 1 aromatic rings. The second-order valence-corrected chi connectivity index (χ2v) is 6.64. The Bertz CT molecular complexity index is 493. The summed E-state index contributed by atoms with van der Waals surface area (Å²) in [4.78, 5) is 2.74. The maximum atomic E-state index is 4.60. The van der Waals surface area contributed by atoms with Crippen LogP contribution in [-0.4, -0.2) is 40.4 Å². The number of rotatable bonds is 3. The van der Waals surface area contributed by atoms with Crippen molar-refractivity contribution in [2.24, 2.45) is 18.9 Å². The predicted molar refractivity (Wildman–Crippen MR) is 81.7 cm³/mol. The molecule has 0 amide bonds. The lowest BCUT2D eigenvalue weighted by Gasteiger charge is -2.32. The zero-order valence-corrected chi connectivity index (χ0v) is 13.5. The van der Waals surface area contributed by atoms with E-state index in [1.807, 2.05) is 4.68 Å². The monoisotopic (exact) mass is 276 g/mol. The van der Waals surface area contributed by atoms with Crippen LogP contribution >= 0.6 is 0 Å². The van der Waals surface area contributed by atoms with Crippen molar-refractivity contribution in [2.75, 3.05) is 19.6 Å². The number of hydrogen-bond acceptors (Lipinski definition) is 3. The second kappa shape index (κ2) is 5.15. The van der Waals surface area contributed by atoms with Gasteiger partial charge in [-0.25, -0.2) is 0 Å². The molecule has 1 N–H and O–H groups in total. The number of aryl methyl sites for hydroxylation is 2. The first-order valence-corrected chi connectivity index (χ1v) is 8.01. The maximum absolute atomic E-state index is 4.60. The number of nitrogens with one attached hydrogen (secondary N) is 1. The fourth-order valence-corrected chi connectivity index (χ4v) is 4.60. The van der Waals surface area contributed by atoms with Gasteiger partial charge in [0.25, 0.3) is 0 Å². The Morgan fingerprint density at radius 1 is 1.35 bits per heavy atom. The third kappa shape index (κ3) is 2.01. The smallest absolute Gasteiger partial charge is 0.0644 e. The van der Waals surface area contributed by atoms with Crippen molar-refractivity contribution in [1.29, 1.82) is 0 Å². The molecule has 4 atom stereocenters. The van der Waals surface area contributed by atoms with Gasteiger partial charge in [-0.15, -0.1) is 0 Å². The van der Waals surface area contributed by atoms with Crippen molar-refractivity contribution in [1.82, 2.24) is 20.0 Å². The Morgan fingerprint density at radius 2 is 2.10 bits per heavy atom. The predicted octanol–water partition coefficient (Wildman–Crippen LogP) is 2.03. The summed E-state index contributed by atoms with van der Waals surface area (Å²) in [6.07, 6.45) is 1.26. The molecule has 0 spiro atoms. The van der Waals surface area contributed by atoms with Crippen molar-refractivity contribution in [2.45, 2.75) is 46.2 Å². The first-order chi connectivity index (χ1) is 9.54. The zero-order chi connectivity index (χ0) is 14.4. The van der Waals surface area contributed by atoms with Gasteiger partial charge in [-0.1, -0.05) is 6.92 Å². The zero-order valence-electron chi connectivity index (χ0n) is 13.5. The van der Waals surface area contributed by atoms with Gasteiger partial charge in [0, 0.05) is 36.9 Å². The normalized spacial score (nSPS) is 31.8.